The van der Waals surface area contributed by atoms with Crippen LogP contribution >= 0.6 is 22.6 Å². The van der Waals surface area contributed by atoms with Gasteiger partial charge in [0.05, 0.1) is 4.92 Å². The predicted octanol–water partition coefficient (Wildman–Crippen LogP) is 3.10. The summed E-state index contributed by atoms with van der Waals surface area (Å²) in [5.41, 5.74) is 0.779. The van der Waals surface area contributed by atoms with Crippen LogP contribution < -0.4 is 5.32 Å². The lowest BCUT2D eigenvalue weighted by molar-refractivity contribution is -0.384. The number of likely N-dealkylation sites (tertiary alicyclic amines) is 1. The van der Waals surface area contributed by atoms with Crippen LogP contribution in [0.25, 0.3) is 0 Å². The van der Waals surface area contributed by atoms with Crippen LogP contribution in [0.4, 0.5) is 11.4 Å². The summed E-state index contributed by atoms with van der Waals surface area (Å²) >= 11 is 2.09. The van der Waals surface area contributed by atoms with Gasteiger partial charge in [-0.1, -0.05) is 6.92 Å². The van der Waals surface area contributed by atoms with E-state index >= 15 is 0 Å². The quantitative estimate of drug-likeness (QED) is 0.488. The lowest BCUT2D eigenvalue weighted by Crippen LogP contribution is -2.34. The van der Waals surface area contributed by atoms with Crippen molar-refractivity contribution in [2.45, 2.75) is 25.8 Å². The highest BCUT2D eigenvalue weighted by Gasteiger charge is 2.23. The van der Waals surface area contributed by atoms with Gasteiger partial charge in [0.1, 0.15) is 5.69 Å². The normalized spacial score (nSPS) is 19.6. The Morgan fingerprint density at radius 1 is 1.58 bits per heavy atom. The van der Waals surface area contributed by atoms with E-state index < -0.39 is 0 Å². The van der Waals surface area contributed by atoms with E-state index in [2.05, 4.69) is 39.7 Å². The van der Waals surface area contributed by atoms with E-state index in [1.165, 1.54) is 12.8 Å². The van der Waals surface area contributed by atoms with Crippen LogP contribution in [-0.2, 0) is 0 Å². The molecule has 1 fully saturated rings. The van der Waals surface area contributed by atoms with Crippen LogP contribution in [0, 0.1) is 13.7 Å². The van der Waals surface area contributed by atoms with Crippen LogP contribution in [-0.4, -0.2) is 35.5 Å². The van der Waals surface area contributed by atoms with Crippen molar-refractivity contribution in [2.24, 2.45) is 0 Å². The number of hydrogen-bond donors (Lipinski definition) is 1. The molecule has 1 unspecified atom stereocenters. The second-order valence-corrected chi connectivity index (χ2v) is 5.97. The second kappa shape index (κ2) is 6.51. The third kappa shape index (κ3) is 3.56. The van der Waals surface area contributed by atoms with E-state index in [0.717, 1.165) is 23.2 Å². The number of hydrogen-bond acceptors (Lipinski definition) is 4. The molecule has 2 rings (SSSR count). The molecule has 1 heterocycles. The number of nitro groups is 1. The standard InChI is InChI=1S/C13H18IN3O2/c1-2-16-7-3-4-11(16)9-15-12-6-5-10(14)8-13(12)17(18)19/h5-6,8,11,15H,2-4,7,9H2,1H3. The van der Waals surface area contributed by atoms with Crippen molar-refractivity contribution in [3.63, 3.8) is 0 Å². The van der Waals surface area contributed by atoms with Crippen LogP contribution in [0.1, 0.15) is 19.8 Å². The van der Waals surface area contributed by atoms with Gasteiger partial charge >= 0.3 is 0 Å². The summed E-state index contributed by atoms with van der Waals surface area (Å²) in [5, 5.41) is 14.3. The molecule has 1 saturated heterocycles. The summed E-state index contributed by atoms with van der Waals surface area (Å²) in [4.78, 5) is 13.1. The molecule has 6 heteroatoms. The first-order valence-corrected chi connectivity index (χ1v) is 7.61. The summed E-state index contributed by atoms with van der Waals surface area (Å²) in [6.07, 6.45) is 2.38. The molecule has 1 aromatic rings. The van der Waals surface area contributed by atoms with Crippen molar-refractivity contribution in [3.05, 3.63) is 31.9 Å². The van der Waals surface area contributed by atoms with Gasteiger partial charge in [0.15, 0.2) is 0 Å². The smallest absolute Gasteiger partial charge is 0.293 e. The topological polar surface area (TPSA) is 58.4 Å². The molecular formula is C13H18IN3O2. The molecule has 0 radical (unpaired) electrons. The molecule has 0 amide bonds. The van der Waals surface area contributed by atoms with E-state index in [-0.39, 0.29) is 10.6 Å². The van der Waals surface area contributed by atoms with Gasteiger partial charge in [-0.3, -0.25) is 15.0 Å². The fourth-order valence-electron chi connectivity index (χ4n) is 2.58. The molecule has 1 atom stereocenters. The zero-order valence-electron chi connectivity index (χ0n) is 10.9. The Balaban J connectivity index is 2.05. The number of nitrogens with zero attached hydrogens (tertiary/aromatic N) is 2. The zero-order valence-corrected chi connectivity index (χ0v) is 13.1. The van der Waals surface area contributed by atoms with Gasteiger partial charge in [0.2, 0.25) is 0 Å². The third-order valence-corrected chi connectivity index (χ3v) is 4.26. The highest BCUT2D eigenvalue weighted by molar-refractivity contribution is 14.1. The van der Waals surface area contributed by atoms with Crippen LogP contribution in [0.3, 0.4) is 0 Å². The van der Waals surface area contributed by atoms with Crippen molar-refractivity contribution >= 4 is 34.0 Å². The summed E-state index contributed by atoms with van der Waals surface area (Å²) in [7, 11) is 0. The maximum absolute atomic E-state index is 11.0. The van der Waals surface area contributed by atoms with Crippen LogP contribution in [0.5, 0.6) is 0 Å². The van der Waals surface area contributed by atoms with Gasteiger partial charge < -0.3 is 5.32 Å². The van der Waals surface area contributed by atoms with Gasteiger partial charge in [0.25, 0.3) is 5.69 Å². The number of rotatable bonds is 5. The van der Waals surface area contributed by atoms with Crippen molar-refractivity contribution in [3.8, 4) is 0 Å². The molecule has 1 aliphatic heterocycles. The lowest BCUT2D eigenvalue weighted by Gasteiger charge is -2.23. The van der Waals surface area contributed by atoms with Gasteiger partial charge in [-0.25, -0.2) is 0 Å². The molecule has 104 valence electrons. The number of benzene rings is 1. The Morgan fingerprint density at radius 2 is 2.37 bits per heavy atom. The van der Waals surface area contributed by atoms with Crippen molar-refractivity contribution in [2.75, 3.05) is 25.0 Å². The summed E-state index contributed by atoms with van der Waals surface area (Å²) in [6.45, 7) is 5.11. The van der Waals surface area contributed by atoms with E-state index in [9.17, 15) is 10.1 Å². The first-order valence-electron chi connectivity index (χ1n) is 6.53. The second-order valence-electron chi connectivity index (χ2n) is 4.72. The van der Waals surface area contributed by atoms with Gasteiger partial charge in [-0.05, 0) is 60.7 Å². The van der Waals surface area contributed by atoms with E-state index in [0.29, 0.717) is 11.7 Å². The Morgan fingerprint density at radius 3 is 3.05 bits per heavy atom. The fraction of sp³-hybridized carbons (Fsp3) is 0.538. The Bertz CT molecular complexity index is 467. The minimum Gasteiger partial charge on any atom is -0.378 e. The van der Waals surface area contributed by atoms with Gasteiger partial charge in [0, 0.05) is 22.2 Å². The molecular weight excluding hydrogens is 357 g/mol. The molecule has 0 spiro atoms. The average Bonchev–Trinajstić information content (AvgIpc) is 2.84. The van der Waals surface area contributed by atoms with Gasteiger partial charge in [-0.2, -0.15) is 0 Å². The third-order valence-electron chi connectivity index (χ3n) is 3.59. The van der Waals surface area contributed by atoms with E-state index in [1.54, 1.807) is 12.1 Å². The molecule has 19 heavy (non-hydrogen) atoms. The van der Waals surface area contributed by atoms with E-state index in [4.69, 9.17) is 0 Å². The first kappa shape index (κ1) is 14.5. The van der Waals surface area contributed by atoms with Crippen molar-refractivity contribution < 1.29 is 4.92 Å². The maximum atomic E-state index is 11.0. The van der Waals surface area contributed by atoms with E-state index in [1.807, 2.05) is 6.07 Å². The number of nitrogens with one attached hydrogen (secondary N) is 1. The zero-order chi connectivity index (χ0) is 13.8. The minimum absolute atomic E-state index is 0.160. The summed E-state index contributed by atoms with van der Waals surface area (Å²) in [5.74, 6) is 0. The van der Waals surface area contributed by atoms with Crippen LogP contribution in [0.2, 0.25) is 0 Å². The summed E-state index contributed by atoms with van der Waals surface area (Å²) < 4.78 is 0.880. The molecule has 0 bridgehead atoms. The highest BCUT2D eigenvalue weighted by atomic mass is 127. The largest absolute Gasteiger partial charge is 0.378 e. The first-order chi connectivity index (χ1) is 9.11. The highest BCUT2D eigenvalue weighted by Crippen LogP contribution is 2.27. The molecule has 0 saturated carbocycles. The van der Waals surface area contributed by atoms with Crippen molar-refractivity contribution in [1.82, 2.24) is 4.90 Å². The predicted molar refractivity (Wildman–Crippen MR) is 84.6 cm³/mol. The van der Waals surface area contributed by atoms with Crippen molar-refractivity contribution in [1.29, 1.82) is 0 Å². The SMILES string of the molecule is CCN1CCCC1CNc1ccc(I)cc1[N+](=O)[O-]. The Kier molecular flexibility index (Phi) is 4.98. The number of nitro benzene ring substituents is 1. The monoisotopic (exact) mass is 375 g/mol. The Labute approximate surface area is 126 Å². The molecule has 1 aromatic carbocycles. The Hall–Kier alpha value is -0.890. The summed E-state index contributed by atoms with van der Waals surface area (Å²) in [6, 6.07) is 5.78. The van der Waals surface area contributed by atoms with Crippen LogP contribution in [0.15, 0.2) is 18.2 Å². The number of likely N-dealkylation sites (N-methyl/N-ethyl adjacent to an activating group) is 1. The minimum atomic E-state index is -0.323. The molecule has 1 N–H and O–H groups in total. The number of anilines is 1. The fourth-order valence-corrected chi connectivity index (χ4v) is 3.05. The number of halogens is 1. The molecule has 0 aromatic heterocycles. The average molecular weight is 375 g/mol. The lowest BCUT2D eigenvalue weighted by atomic mass is 10.2. The maximum Gasteiger partial charge on any atom is 0.293 e. The molecule has 5 nitrogen and oxygen atoms in total. The van der Waals surface area contributed by atoms with Gasteiger partial charge in [-0.15, -0.1) is 0 Å². The molecule has 1 aliphatic rings. The molecule has 0 aliphatic carbocycles.